The molecule has 3 aromatic rings. The highest BCUT2D eigenvalue weighted by molar-refractivity contribution is 5.92. The maximum atomic E-state index is 13.2. The Hall–Kier alpha value is -4.07. The third kappa shape index (κ3) is 6.39. The number of hydrogen-bond donors (Lipinski definition) is 1. The molecule has 1 heterocycles. The van der Waals surface area contributed by atoms with Crippen LogP contribution in [0.15, 0.2) is 60.7 Å². The van der Waals surface area contributed by atoms with Crippen molar-refractivity contribution >= 4 is 17.5 Å². The first kappa shape index (κ1) is 26.0. The highest BCUT2D eigenvalue weighted by Gasteiger charge is 2.30. The van der Waals surface area contributed by atoms with E-state index in [1.165, 1.54) is 12.1 Å². The molecule has 3 aromatic carbocycles. The summed E-state index contributed by atoms with van der Waals surface area (Å²) in [6.07, 6.45) is 0.722. The maximum Gasteiger partial charge on any atom is 0.263 e. The Morgan fingerprint density at radius 3 is 2.46 bits per heavy atom. The van der Waals surface area contributed by atoms with Gasteiger partial charge in [0.1, 0.15) is 11.6 Å². The Labute approximate surface area is 216 Å². The molecule has 0 spiro atoms. The molecule has 1 aliphatic rings. The number of carbonyl (C=O) groups excluding carboxylic acids is 2. The second-order valence-corrected chi connectivity index (χ2v) is 8.89. The Bertz CT molecular complexity index is 1260. The van der Waals surface area contributed by atoms with Crippen molar-refractivity contribution in [2.75, 3.05) is 26.1 Å². The van der Waals surface area contributed by atoms with Crippen molar-refractivity contribution < 1.29 is 28.2 Å². The molecule has 1 N–H and O–H groups in total. The number of nitrogens with zero attached hydrogens (tertiary/aromatic N) is 1. The number of hydrogen-bond acceptors (Lipinski definition) is 5. The van der Waals surface area contributed by atoms with Gasteiger partial charge in [-0.25, -0.2) is 4.39 Å². The number of anilines is 1. The third-order valence-electron chi connectivity index (χ3n) is 6.33. The van der Waals surface area contributed by atoms with E-state index in [0.29, 0.717) is 48.9 Å². The number of nitrogens with one attached hydrogen (secondary N) is 1. The Balaban J connectivity index is 1.48. The van der Waals surface area contributed by atoms with Gasteiger partial charge in [0.15, 0.2) is 17.6 Å². The van der Waals surface area contributed by atoms with Crippen molar-refractivity contribution in [1.82, 2.24) is 4.90 Å². The molecule has 0 saturated heterocycles. The fourth-order valence-corrected chi connectivity index (χ4v) is 4.33. The molecule has 194 valence electrons. The molecule has 0 fully saturated rings. The first-order valence-electron chi connectivity index (χ1n) is 12.2. The molecule has 1 atom stereocenters. The lowest BCUT2D eigenvalue weighted by atomic mass is 10.1. The SMILES string of the molecule is CC[C@H]1Oc2ccc(NC(=O)Cc3ccc(F)cc3)cc2CN(CCc2ccc(OC)c(OC)c2)C1=O. The summed E-state index contributed by atoms with van der Waals surface area (Å²) in [5.74, 6) is 1.30. The third-order valence-corrected chi connectivity index (χ3v) is 6.33. The van der Waals surface area contributed by atoms with Gasteiger partial charge in [-0.2, -0.15) is 0 Å². The smallest absolute Gasteiger partial charge is 0.263 e. The van der Waals surface area contributed by atoms with Crippen molar-refractivity contribution in [2.24, 2.45) is 0 Å². The van der Waals surface area contributed by atoms with Crippen LogP contribution in [0.1, 0.15) is 30.0 Å². The first-order chi connectivity index (χ1) is 17.9. The average molecular weight is 507 g/mol. The van der Waals surface area contributed by atoms with Gasteiger partial charge in [-0.3, -0.25) is 9.59 Å². The molecule has 4 rings (SSSR count). The van der Waals surface area contributed by atoms with Gasteiger partial charge in [0.05, 0.1) is 20.6 Å². The predicted octanol–water partition coefficient (Wildman–Crippen LogP) is 4.77. The number of amides is 2. The summed E-state index contributed by atoms with van der Waals surface area (Å²) in [4.78, 5) is 27.6. The van der Waals surface area contributed by atoms with E-state index in [1.54, 1.807) is 43.4 Å². The topological polar surface area (TPSA) is 77.1 Å². The fourth-order valence-electron chi connectivity index (χ4n) is 4.33. The number of methoxy groups -OCH3 is 2. The van der Waals surface area contributed by atoms with Gasteiger partial charge in [-0.15, -0.1) is 0 Å². The van der Waals surface area contributed by atoms with Gasteiger partial charge in [0, 0.05) is 24.3 Å². The van der Waals surface area contributed by atoms with Gasteiger partial charge >= 0.3 is 0 Å². The Morgan fingerprint density at radius 2 is 1.76 bits per heavy atom. The Morgan fingerprint density at radius 1 is 1.03 bits per heavy atom. The van der Waals surface area contributed by atoms with Crippen molar-refractivity contribution in [1.29, 1.82) is 0 Å². The maximum absolute atomic E-state index is 13.2. The zero-order chi connectivity index (χ0) is 26.4. The summed E-state index contributed by atoms with van der Waals surface area (Å²) in [5.41, 5.74) is 3.16. The van der Waals surface area contributed by atoms with E-state index in [4.69, 9.17) is 14.2 Å². The molecular formula is C29H31FN2O5. The zero-order valence-electron chi connectivity index (χ0n) is 21.3. The summed E-state index contributed by atoms with van der Waals surface area (Å²) in [5, 5.41) is 2.89. The first-order valence-corrected chi connectivity index (χ1v) is 12.2. The monoisotopic (exact) mass is 506 g/mol. The molecule has 0 radical (unpaired) electrons. The van der Waals surface area contributed by atoms with Crippen LogP contribution in [0.3, 0.4) is 0 Å². The average Bonchev–Trinajstić information content (AvgIpc) is 3.04. The predicted molar refractivity (Wildman–Crippen MR) is 139 cm³/mol. The summed E-state index contributed by atoms with van der Waals surface area (Å²) >= 11 is 0. The second-order valence-electron chi connectivity index (χ2n) is 8.89. The van der Waals surface area contributed by atoms with Gasteiger partial charge < -0.3 is 24.4 Å². The van der Waals surface area contributed by atoms with Crippen LogP contribution in [0, 0.1) is 5.82 Å². The number of rotatable bonds is 9. The zero-order valence-corrected chi connectivity index (χ0v) is 21.3. The van der Waals surface area contributed by atoms with Crippen LogP contribution in [0.2, 0.25) is 0 Å². The van der Waals surface area contributed by atoms with Gasteiger partial charge in [0.2, 0.25) is 5.91 Å². The highest BCUT2D eigenvalue weighted by atomic mass is 19.1. The standard InChI is InChI=1S/C29H31FN2O5/c1-4-24-29(34)32(14-13-20-7-11-26(35-2)27(15-20)36-3)18-21-17-23(10-12-25(21)37-24)31-28(33)16-19-5-8-22(30)9-6-19/h5-12,15,17,24H,4,13-14,16,18H2,1-3H3,(H,31,33)/t24-/m1/s1. The minimum Gasteiger partial charge on any atom is -0.493 e. The van der Waals surface area contributed by atoms with E-state index in [1.807, 2.05) is 31.2 Å². The largest absolute Gasteiger partial charge is 0.493 e. The van der Waals surface area contributed by atoms with Crippen LogP contribution in [-0.4, -0.2) is 43.6 Å². The molecule has 0 aliphatic carbocycles. The lowest BCUT2D eigenvalue weighted by molar-refractivity contribution is -0.138. The quantitative estimate of drug-likeness (QED) is 0.453. The van der Waals surface area contributed by atoms with Crippen LogP contribution in [0.25, 0.3) is 0 Å². The van der Waals surface area contributed by atoms with Crippen LogP contribution in [-0.2, 0) is 29.0 Å². The number of benzene rings is 3. The fraction of sp³-hybridized carbons (Fsp3) is 0.310. The van der Waals surface area contributed by atoms with E-state index >= 15 is 0 Å². The molecule has 0 unspecified atom stereocenters. The van der Waals surface area contributed by atoms with Crippen LogP contribution in [0.5, 0.6) is 17.2 Å². The molecule has 7 nitrogen and oxygen atoms in total. The van der Waals surface area contributed by atoms with Crippen LogP contribution >= 0.6 is 0 Å². The van der Waals surface area contributed by atoms with Crippen molar-refractivity contribution in [3.8, 4) is 17.2 Å². The summed E-state index contributed by atoms with van der Waals surface area (Å²) in [6.45, 7) is 2.78. The second kappa shape index (κ2) is 11.8. The molecule has 1 aliphatic heterocycles. The van der Waals surface area contributed by atoms with Gasteiger partial charge in [-0.1, -0.05) is 25.1 Å². The highest BCUT2D eigenvalue weighted by Crippen LogP contribution is 2.31. The molecule has 0 bridgehead atoms. The number of ether oxygens (including phenoxy) is 3. The molecule has 0 aromatic heterocycles. The van der Waals surface area contributed by atoms with E-state index in [2.05, 4.69) is 5.32 Å². The number of carbonyl (C=O) groups is 2. The minimum absolute atomic E-state index is 0.0685. The normalized spacial score (nSPS) is 14.9. The van der Waals surface area contributed by atoms with E-state index < -0.39 is 6.10 Å². The van der Waals surface area contributed by atoms with E-state index in [9.17, 15) is 14.0 Å². The summed E-state index contributed by atoms with van der Waals surface area (Å²) in [7, 11) is 3.19. The number of halogens is 1. The lowest BCUT2D eigenvalue weighted by Gasteiger charge is -2.23. The van der Waals surface area contributed by atoms with Crippen molar-refractivity contribution in [3.05, 3.63) is 83.2 Å². The van der Waals surface area contributed by atoms with Crippen LogP contribution in [0.4, 0.5) is 10.1 Å². The van der Waals surface area contributed by atoms with E-state index in [0.717, 1.165) is 16.7 Å². The molecule has 0 saturated carbocycles. The molecule has 8 heteroatoms. The van der Waals surface area contributed by atoms with Gasteiger partial charge in [-0.05, 0) is 66.4 Å². The van der Waals surface area contributed by atoms with Crippen molar-refractivity contribution in [2.45, 2.75) is 38.8 Å². The van der Waals surface area contributed by atoms with Crippen molar-refractivity contribution in [3.63, 3.8) is 0 Å². The Kier molecular flexibility index (Phi) is 8.28. The lowest BCUT2D eigenvalue weighted by Crippen LogP contribution is -2.40. The summed E-state index contributed by atoms with van der Waals surface area (Å²) < 4.78 is 29.9. The number of fused-ring (bicyclic) bond motifs is 1. The molecule has 37 heavy (non-hydrogen) atoms. The van der Waals surface area contributed by atoms with Gasteiger partial charge in [0.25, 0.3) is 5.91 Å². The van der Waals surface area contributed by atoms with Crippen LogP contribution < -0.4 is 19.5 Å². The van der Waals surface area contributed by atoms with E-state index in [-0.39, 0.29) is 24.1 Å². The summed E-state index contributed by atoms with van der Waals surface area (Å²) in [6, 6.07) is 17.0. The minimum atomic E-state index is -0.578. The molecular weight excluding hydrogens is 475 g/mol. The molecule has 2 amide bonds.